The Bertz CT molecular complexity index is 405. The lowest BCUT2D eigenvalue weighted by atomic mass is 9.94. The van der Waals surface area contributed by atoms with E-state index in [9.17, 15) is 52.7 Å². The molecular formula is C9H8F12O2. The summed E-state index contributed by atoms with van der Waals surface area (Å²) in [6, 6.07) is 0. The average molecular weight is 376 g/mol. The summed E-state index contributed by atoms with van der Waals surface area (Å²) < 4.78 is 155. The molecule has 0 heterocycles. The van der Waals surface area contributed by atoms with Gasteiger partial charge in [-0.3, -0.25) is 0 Å². The third kappa shape index (κ3) is 3.46. The zero-order valence-corrected chi connectivity index (χ0v) is 10.8. The Balaban J connectivity index is 5.86. The maximum Gasteiger partial charge on any atom is 0.384 e. The summed E-state index contributed by atoms with van der Waals surface area (Å²) in [6.45, 7) is -2.23. The van der Waals surface area contributed by atoms with Crippen molar-refractivity contribution in [3.05, 3.63) is 0 Å². The van der Waals surface area contributed by atoms with Crippen LogP contribution in [0, 0.1) is 0 Å². The van der Waals surface area contributed by atoms with E-state index in [4.69, 9.17) is 5.11 Å². The molecule has 1 unspecified atom stereocenters. The minimum absolute atomic E-state index is 0.548. The number of hydrogen-bond donors (Lipinski definition) is 1. The van der Waals surface area contributed by atoms with E-state index < -0.39 is 48.9 Å². The second-order valence-electron chi connectivity index (χ2n) is 4.26. The van der Waals surface area contributed by atoms with E-state index in [2.05, 4.69) is 4.74 Å². The van der Waals surface area contributed by atoms with E-state index in [1.165, 1.54) is 0 Å². The Kier molecular flexibility index (Phi) is 5.93. The van der Waals surface area contributed by atoms with Crippen molar-refractivity contribution in [1.29, 1.82) is 0 Å². The van der Waals surface area contributed by atoms with Crippen molar-refractivity contribution >= 4 is 0 Å². The number of aliphatic hydroxyl groups is 1. The van der Waals surface area contributed by atoms with Crippen LogP contribution in [0.2, 0.25) is 0 Å². The van der Waals surface area contributed by atoms with E-state index in [0.29, 0.717) is 6.92 Å². The zero-order chi connectivity index (χ0) is 19.1. The molecule has 0 aromatic rings. The number of hydrogen-bond acceptors (Lipinski definition) is 2. The van der Waals surface area contributed by atoms with Gasteiger partial charge in [0.1, 0.15) is 6.61 Å². The van der Waals surface area contributed by atoms with Crippen molar-refractivity contribution in [2.45, 2.75) is 49.3 Å². The van der Waals surface area contributed by atoms with Crippen LogP contribution in [0.4, 0.5) is 52.7 Å². The summed E-state index contributed by atoms with van der Waals surface area (Å²) in [5, 5.41) is 8.39. The number of ether oxygens (including phenoxy) is 1. The zero-order valence-electron chi connectivity index (χ0n) is 10.8. The van der Waals surface area contributed by atoms with E-state index in [0.717, 1.165) is 0 Å². The van der Waals surface area contributed by atoms with Crippen molar-refractivity contribution in [2.75, 3.05) is 6.61 Å². The standard InChI is InChI=1S/C9H8F12O2/c1-3(22)23-2-5(12,13)7(16,17)9(20,21)8(18,19)6(14,15)4(10)11/h3-4,22H,2H2,1H3. The number of aliphatic hydroxyl groups excluding tert-OH is 1. The van der Waals surface area contributed by atoms with Gasteiger partial charge in [0.25, 0.3) is 0 Å². The van der Waals surface area contributed by atoms with Crippen LogP contribution >= 0.6 is 0 Å². The second kappa shape index (κ2) is 6.18. The number of alkyl halides is 12. The van der Waals surface area contributed by atoms with E-state index >= 15 is 0 Å². The Morgan fingerprint density at radius 1 is 0.783 bits per heavy atom. The van der Waals surface area contributed by atoms with Gasteiger partial charge >= 0.3 is 36.0 Å². The summed E-state index contributed by atoms with van der Waals surface area (Å²) in [5.41, 5.74) is 0. The van der Waals surface area contributed by atoms with E-state index in [1.807, 2.05) is 0 Å². The van der Waals surface area contributed by atoms with Gasteiger partial charge in [0.05, 0.1) is 0 Å². The van der Waals surface area contributed by atoms with Crippen molar-refractivity contribution in [3.8, 4) is 0 Å². The van der Waals surface area contributed by atoms with Gasteiger partial charge in [0.2, 0.25) is 0 Å². The lowest BCUT2D eigenvalue weighted by Crippen LogP contribution is -2.69. The van der Waals surface area contributed by atoms with Gasteiger partial charge in [-0.25, -0.2) is 8.78 Å². The monoisotopic (exact) mass is 376 g/mol. The smallest absolute Gasteiger partial charge is 0.368 e. The number of halogens is 12. The highest BCUT2D eigenvalue weighted by molar-refractivity contribution is 5.09. The van der Waals surface area contributed by atoms with Gasteiger partial charge in [0.15, 0.2) is 6.29 Å². The Labute approximate surface area is 120 Å². The average Bonchev–Trinajstić information content (AvgIpc) is 2.35. The van der Waals surface area contributed by atoms with E-state index in [-0.39, 0.29) is 0 Å². The molecule has 0 aromatic carbocycles. The highest BCUT2D eigenvalue weighted by atomic mass is 19.4. The molecule has 0 aliphatic heterocycles. The molecule has 140 valence electrons. The Morgan fingerprint density at radius 2 is 1.17 bits per heavy atom. The molecule has 0 saturated carbocycles. The maximum absolute atomic E-state index is 13.0. The van der Waals surface area contributed by atoms with Crippen LogP contribution in [0.5, 0.6) is 0 Å². The fraction of sp³-hybridized carbons (Fsp3) is 1.00. The molecule has 0 aliphatic rings. The minimum Gasteiger partial charge on any atom is -0.368 e. The second-order valence-corrected chi connectivity index (χ2v) is 4.26. The molecule has 23 heavy (non-hydrogen) atoms. The molecule has 1 atom stereocenters. The van der Waals surface area contributed by atoms with Crippen molar-refractivity contribution in [1.82, 2.24) is 0 Å². The quantitative estimate of drug-likeness (QED) is 0.516. The van der Waals surface area contributed by atoms with E-state index in [1.54, 1.807) is 0 Å². The summed E-state index contributed by atoms with van der Waals surface area (Å²) in [7, 11) is 0. The minimum atomic E-state index is -7.58. The van der Waals surface area contributed by atoms with Gasteiger partial charge in [0, 0.05) is 0 Å². The topological polar surface area (TPSA) is 29.5 Å². The van der Waals surface area contributed by atoms with Crippen molar-refractivity contribution in [3.63, 3.8) is 0 Å². The molecular weight excluding hydrogens is 368 g/mol. The first-order chi connectivity index (χ1) is 9.86. The summed E-state index contributed by atoms with van der Waals surface area (Å²) in [6.07, 6.45) is -7.77. The number of rotatable bonds is 8. The predicted octanol–water partition coefficient (Wildman–Crippen LogP) is 3.78. The molecule has 0 saturated heterocycles. The molecule has 14 heteroatoms. The summed E-state index contributed by atoms with van der Waals surface area (Å²) in [5.74, 6) is -35.5. The molecule has 0 aromatic heterocycles. The van der Waals surface area contributed by atoms with Gasteiger partial charge in [-0.2, -0.15) is 43.9 Å². The Morgan fingerprint density at radius 3 is 1.48 bits per heavy atom. The summed E-state index contributed by atoms with van der Waals surface area (Å²) >= 11 is 0. The van der Waals surface area contributed by atoms with Crippen LogP contribution < -0.4 is 0 Å². The van der Waals surface area contributed by atoms with Crippen LogP contribution in [0.3, 0.4) is 0 Å². The van der Waals surface area contributed by atoms with Crippen LogP contribution in [0.1, 0.15) is 6.92 Å². The van der Waals surface area contributed by atoms with Crippen molar-refractivity contribution < 1.29 is 62.5 Å². The third-order valence-electron chi connectivity index (χ3n) is 2.45. The molecule has 0 amide bonds. The first-order valence-corrected chi connectivity index (χ1v) is 5.33. The molecule has 0 spiro atoms. The molecule has 0 aliphatic carbocycles. The van der Waals surface area contributed by atoms with Crippen LogP contribution in [0.15, 0.2) is 0 Å². The highest BCUT2D eigenvalue weighted by Crippen LogP contribution is 2.58. The van der Waals surface area contributed by atoms with Gasteiger partial charge in [-0.05, 0) is 6.92 Å². The third-order valence-corrected chi connectivity index (χ3v) is 2.45. The highest BCUT2D eigenvalue weighted by Gasteiger charge is 2.87. The molecule has 1 N–H and O–H groups in total. The predicted molar refractivity (Wildman–Crippen MR) is 48.4 cm³/mol. The first-order valence-electron chi connectivity index (χ1n) is 5.33. The lowest BCUT2D eigenvalue weighted by Gasteiger charge is -2.39. The molecule has 0 radical (unpaired) electrons. The van der Waals surface area contributed by atoms with Gasteiger partial charge in [-0.15, -0.1) is 0 Å². The normalized spacial score (nSPS) is 16.8. The SMILES string of the molecule is CC(O)OCC(F)(F)C(F)(F)C(F)(F)C(F)(F)C(F)(F)C(F)F. The fourth-order valence-electron chi connectivity index (χ4n) is 1.09. The Hall–Kier alpha value is -0.920. The van der Waals surface area contributed by atoms with Gasteiger partial charge in [-0.1, -0.05) is 0 Å². The summed E-state index contributed by atoms with van der Waals surface area (Å²) in [4.78, 5) is 0. The fourth-order valence-corrected chi connectivity index (χ4v) is 1.09. The molecule has 0 fully saturated rings. The van der Waals surface area contributed by atoms with Gasteiger partial charge < -0.3 is 9.84 Å². The molecule has 0 bridgehead atoms. The molecule has 0 rings (SSSR count). The van der Waals surface area contributed by atoms with Crippen molar-refractivity contribution in [2.24, 2.45) is 0 Å². The maximum atomic E-state index is 13.0. The first kappa shape index (κ1) is 22.1. The molecule has 2 nitrogen and oxygen atoms in total. The lowest BCUT2D eigenvalue weighted by molar-refractivity contribution is -0.416. The van der Waals surface area contributed by atoms with Crippen LogP contribution in [0.25, 0.3) is 0 Å². The van der Waals surface area contributed by atoms with Crippen LogP contribution in [-0.2, 0) is 4.74 Å². The van der Waals surface area contributed by atoms with Crippen LogP contribution in [-0.4, -0.2) is 54.0 Å². The largest absolute Gasteiger partial charge is 0.384 e.